The molecule has 0 aliphatic carbocycles. The molecule has 0 unspecified atom stereocenters. The minimum Gasteiger partial charge on any atom is -0.508 e. The molecule has 0 fully saturated rings. The van der Waals surface area contributed by atoms with E-state index in [0.29, 0.717) is 11.3 Å². The Morgan fingerprint density at radius 2 is 1.47 bits per heavy atom. The summed E-state index contributed by atoms with van der Waals surface area (Å²) < 4.78 is 0. The second kappa shape index (κ2) is 6.59. The van der Waals surface area contributed by atoms with Crippen molar-refractivity contribution in [1.29, 1.82) is 0 Å². The number of hydrogen-bond acceptors (Lipinski definition) is 3. The molecule has 0 amide bonds. The number of benzene rings is 2. The molecule has 0 saturated heterocycles. The van der Waals surface area contributed by atoms with Crippen molar-refractivity contribution >= 4 is 5.78 Å². The zero-order valence-corrected chi connectivity index (χ0v) is 11.3. The van der Waals surface area contributed by atoms with Crippen molar-refractivity contribution in [3.05, 3.63) is 59.2 Å². The number of hydrogen-bond donors (Lipinski definition) is 2. The summed E-state index contributed by atoms with van der Waals surface area (Å²) in [6.45, 7) is 5.14. The van der Waals surface area contributed by atoms with Gasteiger partial charge >= 0.3 is 0 Å². The highest BCUT2D eigenvalue weighted by Gasteiger charge is 2.00. The summed E-state index contributed by atoms with van der Waals surface area (Å²) >= 11 is 0. The standard InChI is InChI=1S/C9H10O2.C7H8O/c1-6-5-8(7(2)10)3-4-9(6)11;1-6-4-2-3-5-7(6)8/h3-5,11H,1-2H3;2-5,8H,1H3. The van der Waals surface area contributed by atoms with Gasteiger partial charge in [0.15, 0.2) is 5.78 Å². The first-order valence-corrected chi connectivity index (χ1v) is 5.97. The van der Waals surface area contributed by atoms with E-state index in [1.807, 2.05) is 25.1 Å². The van der Waals surface area contributed by atoms with Gasteiger partial charge in [-0.2, -0.15) is 0 Å². The summed E-state index contributed by atoms with van der Waals surface area (Å²) in [7, 11) is 0. The summed E-state index contributed by atoms with van der Waals surface area (Å²) in [5.74, 6) is 0.621. The lowest BCUT2D eigenvalue weighted by Crippen LogP contribution is -1.91. The Morgan fingerprint density at radius 1 is 0.895 bits per heavy atom. The first-order valence-electron chi connectivity index (χ1n) is 5.97. The van der Waals surface area contributed by atoms with Crippen LogP contribution in [0.25, 0.3) is 0 Å². The van der Waals surface area contributed by atoms with E-state index < -0.39 is 0 Å². The van der Waals surface area contributed by atoms with E-state index in [4.69, 9.17) is 10.2 Å². The van der Waals surface area contributed by atoms with E-state index in [0.717, 1.165) is 11.1 Å². The maximum absolute atomic E-state index is 10.8. The minimum atomic E-state index is 0.0214. The highest BCUT2D eigenvalue weighted by molar-refractivity contribution is 5.94. The number of aromatic hydroxyl groups is 2. The van der Waals surface area contributed by atoms with Crippen molar-refractivity contribution in [3.63, 3.8) is 0 Å². The Morgan fingerprint density at radius 3 is 1.89 bits per heavy atom. The van der Waals surface area contributed by atoms with Crippen LogP contribution in [0.1, 0.15) is 28.4 Å². The van der Waals surface area contributed by atoms with Gasteiger partial charge in [0.2, 0.25) is 0 Å². The van der Waals surface area contributed by atoms with Crippen LogP contribution in [0, 0.1) is 13.8 Å². The number of phenols is 2. The number of carbonyl (C=O) groups excluding carboxylic acids is 1. The molecule has 0 aliphatic rings. The molecule has 0 atom stereocenters. The summed E-state index contributed by atoms with van der Waals surface area (Å²) in [5, 5.41) is 18.0. The molecule has 0 bridgehead atoms. The maximum Gasteiger partial charge on any atom is 0.159 e. The van der Waals surface area contributed by atoms with Gasteiger partial charge in [-0.3, -0.25) is 4.79 Å². The smallest absolute Gasteiger partial charge is 0.159 e. The van der Waals surface area contributed by atoms with Gasteiger partial charge in [0.1, 0.15) is 11.5 Å². The fourth-order valence-corrected chi connectivity index (χ4v) is 1.44. The first-order chi connectivity index (χ1) is 8.91. The topological polar surface area (TPSA) is 57.5 Å². The molecule has 2 rings (SSSR count). The van der Waals surface area contributed by atoms with E-state index in [9.17, 15) is 4.79 Å². The van der Waals surface area contributed by atoms with Crippen LogP contribution in [-0.4, -0.2) is 16.0 Å². The number of rotatable bonds is 1. The third-order valence-electron chi connectivity index (χ3n) is 2.72. The number of para-hydroxylation sites is 1. The lowest BCUT2D eigenvalue weighted by atomic mass is 10.1. The van der Waals surface area contributed by atoms with Crippen molar-refractivity contribution in [2.45, 2.75) is 20.8 Å². The highest BCUT2D eigenvalue weighted by Crippen LogP contribution is 2.16. The van der Waals surface area contributed by atoms with Gasteiger partial charge in [0, 0.05) is 5.56 Å². The SMILES string of the molecule is CC(=O)c1ccc(O)c(C)c1.Cc1ccccc1O. The lowest BCUT2D eigenvalue weighted by molar-refractivity contribution is 0.101. The largest absolute Gasteiger partial charge is 0.508 e. The fourth-order valence-electron chi connectivity index (χ4n) is 1.44. The van der Waals surface area contributed by atoms with E-state index >= 15 is 0 Å². The van der Waals surface area contributed by atoms with Crippen LogP contribution < -0.4 is 0 Å². The Balaban J connectivity index is 0.000000200. The number of Topliss-reactive ketones (excluding diaryl/α,β-unsaturated/α-hetero) is 1. The van der Waals surface area contributed by atoms with Crippen LogP contribution in [0.5, 0.6) is 11.5 Å². The van der Waals surface area contributed by atoms with Crippen LogP contribution >= 0.6 is 0 Å². The Hall–Kier alpha value is -2.29. The monoisotopic (exact) mass is 258 g/mol. The molecule has 0 saturated carbocycles. The van der Waals surface area contributed by atoms with Crippen LogP contribution in [0.4, 0.5) is 0 Å². The van der Waals surface area contributed by atoms with E-state index in [1.165, 1.54) is 13.0 Å². The molecule has 0 heterocycles. The van der Waals surface area contributed by atoms with Crippen molar-refractivity contribution < 1.29 is 15.0 Å². The number of ketones is 1. The van der Waals surface area contributed by atoms with Crippen LogP contribution in [-0.2, 0) is 0 Å². The third-order valence-corrected chi connectivity index (χ3v) is 2.72. The molecule has 0 spiro atoms. The quantitative estimate of drug-likeness (QED) is 0.768. The van der Waals surface area contributed by atoms with E-state index in [2.05, 4.69) is 0 Å². The van der Waals surface area contributed by atoms with Crippen LogP contribution in [0.15, 0.2) is 42.5 Å². The summed E-state index contributed by atoms with van der Waals surface area (Å²) in [6, 6.07) is 12.1. The molecular formula is C16H18O3. The number of phenolic OH excluding ortho intramolecular Hbond substituents is 2. The minimum absolute atomic E-state index is 0.0214. The molecule has 2 aromatic carbocycles. The van der Waals surface area contributed by atoms with Gasteiger partial charge in [0.05, 0.1) is 0 Å². The van der Waals surface area contributed by atoms with E-state index in [1.54, 1.807) is 25.1 Å². The van der Waals surface area contributed by atoms with Gasteiger partial charge in [0.25, 0.3) is 0 Å². The van der Waals surface area contributed by atoms with Gasteiger partial charge in [-0.15, -0.1) is 0 Å². The second-order valence-corrected chi connectivity index (χ2v) is 4.34. The highest BCUT2D eigenvalue weighted by atomic mass is 16.3. The normalized spacial score (nSPS) is 9.42. The summed E-state index contributed by atoms with van der Waals surface area (Å²) in [5.41, 5.74) is 2.30. The summed E-state index contributed by atoms with van der Waals surface area (Å²) in [4.78, 5) is 10.8. The predicted molar refractivity (Wildman–Crippen MR) is 75.7 cm³/mol. The maximum atomic E-state index is 10.8. The average molecular weight is 258 g/mol. The Kier molecular flexibility index (Phi) is 5.12. The Labute approximate surface area is 113 Å². The van der Waals surface area contributed by atoms with Gasteiger partial charge in [-0.1, -0.05) is 18.2 Å². The Bertz CT molecular complexity index is 553. The van der Waals surface area contributed by atoms with Crippen LogP contribution in [0.2, 0.25) is 0 Å². The molecule has 2 N–H and O–H groups in total. The van der Waals surface area contributed by atoms with Crippen molar-refractivity contribution in [3.8, 4) is 11.5 Å². The second-order valence-electron chi connectivity index (χ2n) is 4.34. The van der Waals surface area contributed by atoms with Gasteiger partial charge in [-0.05, 0) is 56.2 Å². The zero-order chi connectivity index (χ0) is 14.4. The zero-order valence-electron chi connectivity index (χ0n) is 11.3. The third kappa shape index (κ3) is 4.47. The number of aryl methyl sites for hydroxylation is 2. The predicted octanol–water partition coefficient (Wildman–Crippen LogP) is 3.60. The molecule has 0 radical (unpaired) electrons. The molecule has 3 nitrogen and oxygen atoms in total. The van der Waals surface area contributed by atoms with Gasteiger partial charge in [-0.25, -0.2) is 0 Å². The molecular weight excluding hydrogens is 240 g/mol. The summed E-state index contributed by atoms with van der Waals surface area (Å²) in [6.07, 6.45) is 0. The molecule has 100 valence electrons. The lowest BCUT2D eigenvalue weighted by Gasteiger charge is -1.99. The number of carbonyl (C=O) groups is 1. The van der Waals surface area contributed by atoms with Crippen molar-refractivity contribution in [1.82, 2.24) is 0 Å². The van der Waals surface area contributed by atoms with E-state index in [-0.39, 0.29) is 11.5 Å². The van der Waals surface area contributed by atoms with Crippen molar-refractivity contribution in [2.24, 2.45) is 0 Å². The molecule has 0 aliphatic heterocycles. The van der Waals surface area contributed by atoms with Crippen molar-refractivity contribution in [2.75, 3.05) is 0 Å². The molecule has 3 heteroatoms. The van der Waals surface area contributed by atoms with Crippen LogP contribution in [0.3, 0.4) is 0 Å². The first kappa shape index (κ1) is 14.8. The molecule has 0 aromatic heterocycles. The molecule has 2 aromatic rings. The van der Waals surface area contributed by atoms with Gasteiger partial charge < -0.3 is 10.2 Å². The average Bonchev–Trinajstić information content (AvgIpc) is 2.37. The molecule has 19 heavy (non-hydrogen) atoms. The fraction of sp³-hybridized carbons (Fsp3) is 0.188.